The number of imidazole rings is 1. The van der Waals surface area contributed by atoms with Gasteiger partial charge in [0.25, 0.3) is 0 Å². The van der Waals surface area contributed by atoms with Gasteiger partial charge in [-0.05, 0) is 37.5 Å². The van der Waals surface area contributed by atoms with Crippen LogP contribution in [0.25, 0.3) is 44.5 Å². The van der Waals surface area contributed by atoms with Gasteiger partial charge in [0.05, 0.1) is 52.7 Å². The monoisotopic (exact) mass is 510 g/mol. The summed E-state index contributed by atoms with van der Waals surface area (Å²) in [5.74, 6) is 0. The number of nitriles is 1. The third-order valence-corrected chi connectivity index (χ3v) is 7.24. The lowest BCUT2D eigenvalue weighted by molar-refractivity contribution is 0.133. The first kappa shape index (κ1) is 23.5. The van der Waals surface area contributed by atoms with Crippen molar-refractivity contribution in [1.82, 2.24) is 34.2 Å². The van der Waals surface area contributed by atoms with Gasteiger partial charge in [-0.1, -0.05) is 12.1 Å². The van der Waals surface area contributed by atoms with Crippen LogP contribution in [0.5, 0.6) is 0 Å². The lowest BCUT2D eigenvalue weighted by Crippen LogP contribution is -2.47. The Morgan fingerprint density at radius 2 is 1.97 bits per heavy atom. The van der Waals surface area contributed by atoms with E-state index in [0.717, 1.165) is 38.8 Å². The van der Waals surface area contributed by atoms with Crippen LogP contribution in [0.3, 0.4) is 0 Å². The first-order valence-corrected chi connectivity index (χ1v) is 12.4. The molecule has 1 amide bonds. The largest absolute Gasteiger partial charge is 0.450 e. The summed E-state index contributed by atoms with van der Waals surface area (Å²) in [6, 6.07) is 9.41. The van der Waals surface area contributed by atoms with E-state index < -0.39 is 6.09 Å². The van der Waals surface area contributed by atoms with E-state index in [1.54, 1.807) is 47.7 Å². The number of pyridine rings is 1. The lowest BCUT2D eigenvalue weighted by Gasteiger charge is -2.36. The summed E-state index contributed by atoms with van der Waals surface area (Å²) >= 11 is 0. The predicted molar refractivity (Wildman–Crippen MR) is 141 cm³/mol. The van der Waals surface area contributed by atoms with E-state index in [1.165, 1.54) is 0 Å². The Morgan fingerprint density at radius 1 is 1.21 bits per heavy atom. The van der Waals surface area contributed by atoms with Crippen molar-refractivity contribution >= 4 is 28.2 Å². The maximum Gasteiger partial charge on any atom is 0.407 e. The van der Waals surface area contributed by atoms with Crippen molar-refractivity contribution in [3.8, 4) is 28.5 Å². The number of aromatic amines is 1. The Kier molecular flexibility index (Phi) is 5.52. The summed E-state index contributed by atoms with van der Waals surface area (Å²) < 4.78 is 10.2. The quantitative estimate of drug-likeness (QED) is 0.371. The smallest absolute Gasteiger partial charge is 0.407 e. The summed E-state index contributed by atoms with van der Waals surface area (Å²) in [4.78, 5) is 33.6. The number of amides is 1. The Hall–Kier alpha value is -4.85. The van der Waals surface area contributed by atoms with Crippen LogP contribution in [-0.2, 0) is 18.8 Å². The van der Waals surface area contributed by atoms with Crippen LogP contribution < -0.4 is 11.0 Å². The van der Waals surface area contributed by atoms with E-state index in [2.05, 4.69) is 21.5 Å². The number of carbonyl (C=O) groups excluding carboxylic acids is 1. The van der Waals surface area contributed by atoms with Crippen LogP contribution >= 0.6 is 0 Å². The maximum atomic E-state index is 13.5. The Balaban J connectivity index is 1.57. The van der Waals surface area contributed by atoms with Crippen molar-refractivity contribution < 1.29 is 9.53 Å². The van der Waals surface area contributed by atoms with Gasteiger partial charge in [-0.3, -0.25) is 13.8 Å². The highest BCUT2D eigenvalue weighted by molar-refractivity contribution is 6.14. The number of aromatic nitrogens is 6. The second kappa shape index (κ2) is 8.92. The molecule has 4 aromatic heterocycles. The first-order valence-electron chi connectivity index (χ1n) is 12.4. The molecule has 4 heterocycles. The van der Waals surface area contributed by atoms with Gasteiger partial charge in [0.2, 0.25) is 0 Å². The number of alkyl carbamates (subject to hydrolysis) is 1. The zero-order valence-corrected chi connectivity index (χ0v) is 21.2. The number of hydrogen-bond acceptors (Lipinski definition) is 6. The molecule has 0 aliphatic heterocycles. The number of ether oxygens (including phenoxy) is 1. The van der Waals surface area contributed by atoms with Crippen molar-refractivity contribution in [2.75, 3.05) is 6.61 Å². The van der Waals surface area contributed by atoms with Crippen molar-refractivity contribution in [3.05, 3.63) is 58.9 Å². The predicted octanol–water partition coefficient (Wildman–Crippen LogP) is 3.61. The highest BCUT2D eigenvalue weighted by atomic mass is 16.5. The fraction of sp³-hybridized carbons (Fsp3) is 0.296. The van der Waals surface area contributed by atoms with E-state index in [9.17, 15) is 14.9 Å². The molecule has 1 aliphatic rings. The molecule has 0 bridgehead atoms. The molecule has 0 unspecified atom stereocenters. The third kappa shape index (κ3) is 3.64. The molecule has 38 heavy (non-hydrogen) atoms. The van der Waals surface area contributed by atoms with E-state index in [0.29, 0.717) is 30.7 Å². The topological polar surface area (TPSA) is 136 Å². The van der Waals surface area contributed by atoms with Crippen molar-refractivity contribution in [2.45, 2.75) is 31.8 Å². The SMILES string of the molecule is CCOC(=O)NC1CC(n2c(=O)n(C)c3cnc4[nH]c(-c5cnn(C)c5)c(-c5ccc(C#N)cc5)c4c32)C1. The normalized spacial score (nSPS) is 16.9. The minimum absolute atomic E-state index is 0.0614. The van der Waals surface area contributed by atoms with Crippen molar-refractivity contribution in [3.63, 3.8) is 0 Å². The number of carbonyl (C=O) groups is 1. The van der Waals surface area contributed by atoms with Crippen LogP contribution in [0.4, 0.5) is 4.79 Å². The average molecular weight is 511 g/mol. The molecule has 11 heteroatoms. The molecule has 1 aromatic carbocycles. The van der Waals surface area contributed by atoms with E-state index in [4.69, 9.17) is 9.72 Å². The second-order valence-electron chi connectivity index (χ2n) is 9.58. The maximum absolute atomic E-state index is 13.5. The van der Waals surface area contributed by atoms with Gasteiger partial charge in [-0.2, -0.15) is 10.4 Å². The molecule has 0 spiro atoms. The summed E-state index contributed by atoms with van der Waals surface area (Å²) in [6.45, 7) is 2.07. The van der Waals surface area contributed by atoms with Gasteiger partial charge in [0.15, 0.2) is 0 Å². The minimum Gasteiger partial charge on any atom is -0.450 e. The number of benzene rings is 1. The molecule has 1 saturated carbocycles. The minimum atomic E-state index is -0.442. The van der Waals surface area contributed by atoms with Gasteiger partial charge < -0.3 is 15.0 Å². The second-order valence-corrected chi connectivity index (χ2v) is 9.58. The Labute approximate surface area is 217 Å². The Bertz CT molecular complexity index is 1790. The van der Waals surface area contributed by atoms with Gasteiger partial charge in [0, 0.05) is 43.5 Å². The zero-order valence-electron chi connectivity index (χ0n) is 21.2. The molecular formula is C27H26N8O3. The summed E-state index contributed by atoms with van der Waals surface area (Å²) in [7, 11) is 3.61. The van der Waals surface area contributed by atoms with Crippen LogP contribution in [0.1, 0.15) is 31.4 Å². The standard InChI is InChI=1S/C27H26N8O3/c1-4-38-26(36)31-18-9-19(10-18)35-24-20(34(3)27(35)37)13-29-25-22(24)21(16-7-5-15(11-28)6-8-16)23(32-25)17-12-30-33(2)14-17/h5-8,12-14,18-19H,4,9-10H2,1-3H3,(H,29,32)(H,31,36). The number of nitrogens with zero attached hydrogens (tertiary/aromatic N) is 6. The number of hydrogen-bond donors (Lipinski definition) is 2. The molecule has 11 nitrogen and oxygen atoms in total. The van der Waals surface area contributed by atoms with Crippen LogP contribution in [0.2, 0.25) is 0 Å². The number of fused-ring (bicyclic) bond motifs is 3. The van der Waals surface area contributed by atoms with Gasteiger partial charge in [-0.15, -0.1) is 0 Å². The number of aryl methyl sites for hydroxylation is 2. The van der Waals surface area contributed by atoms with E-state index >= 15 is 0 Å². The van der Waals surface area contributed by atoms with Crippen molar-refractivity contribution in [1.29, 1.82) is 5.26 Å². The van der Waals surface area contributed by atoms with Gasteiger partial charge >= 0.3 is 11.8 Å². The highest BCUT2D eigenvalue weighted by Gasteiger charge is 2.35. The fourth-order valence-electron chi connectivity index (χ4n) is 5.34. The molecule has 2 N–H and O–H groups in total. The highest BCUT2D eigenvalue weighted by Crippen LogP contribution is 2.42. The van der Waals surface area contributed by atoms with Crippen LogP contribution in [-0.4, -0.2) is 47.6 Å². The molecule has 6 rings (SSSR count). The first-order chi connectivity index (χ1) is 18.4. The fourth-order valence-corrected chi connectivity index (χ4v) is 5.34. The zero-order chi connectivity index (χ0) is 26.6. The van der Waals surface area contributed by atoms with Crippen LogP contribution in [0.15, 0.2) is 47.7 Å². The number of nitrogens with one attached hydrogen (secondary N) is 2. The average Bonchev–Trinajstić information content (AvgIpc) is 3.56. The molecule has 0 saturated heterocycles. The molecule has 1 aliphatic carbocycles. The Morgan fingerprint density at radius 3 is 2.63 bits per heavy atom. The van der Waals surface area contributed by atoms with E-state index in [-0.39, 0.29) is 17.8 Å². The molecule has 5 aromatic rings. The van der Waals surface area contributed by atoms with Crippen molar-refractivity contribution in [2.24, 2.45) is 14.1 Å². The van der Waals surface area contributed by atoms with Gasteiger partial charge in [-0.25, -0.2) is 14.6 Å². The van der Waals surface area contributed by atoms with Crippen LogP contribution in [0, 0.1) is 11.3 Å². The molecule has 192 valence electrons. The number of H-pyrrole nitrogens is 1. The summed E-state index contributed by atoms with van der Waals surface area (Å²) in [5.41, 5.74) is 6.06. The van der Waals surface area contributed by atoms with Gasteiger partial charge in [0.1, 0.15) is 5.65 Å². The lowest BCUT2D eigenvalue weighted by atomic mass is 9.86. The summed E-state index contributed by atoms with van der Waals surface area (Å²) in [5, 5.41) is 17.4. The molecule has 1 fully saturated rings. The summed E-state index contributed by atoms with van der Waals surface area (Å²) in [6.07, 6.45) is 6.22. The molecule has 0 atom stereocenters. The number of rotatable bonds is 5. The van der Waals surface area contributed by atoms with E-state index in [1.807, 2.05) is 29.9 Å². The molecular weight excluding hydrogens is 484 g/mol. The molecule has 0 radical (unpaired) electrons. The third-order valence-electron chi connectivity index (χ3n) is 7.24.